The van der Waals surface area contributed by atoms with Crippen LogP contribution in [0.4, 0.5) is 0 Å². The third-order valence-electron chi connectivity index (χ3n) is 4.42. The molecule has 152 valence electrons. The van der Waals surface area contributed by atoms with Crippen molar-refractivity contribution in [2.75, 3.05) is 28.4 Å². The van der Waals surface area contributed by atoms with Gasteiger partial charge in [-0.15, -0.1) is 10.2 Å². The first-order chi connectivity index (χ1) is 14.0. The topological polar surface area (TPSA) is 86.9 Å². The zero-order valence-electron chi connectivity index (χ0n) is 17.1. The van der Waals surface area contributed by atoms with E-state index in [9.17, 15) is 4.79 Å². The van der Waals surface area contributed by atoms with Crippen molar-refractivity contribution in [1.29, 1.82) is 0 Å². The Morgan fingerprint density at radius 1 is 0.966 bits per heavy atom. The third-order valence-corrected chi connectivity index (χ3v) is 4.42. The summed E-state index contributed by atoms with van der Waals surface area (Å²) < 4.78 is 21.6. The van der Waals surface area contributed by atoms with Crippen LogP contribution in [0.25, 0.3) is 11.5 Å². The number of rotatable bonds is 7. The minimum Gasteiger partial charge on any atom is -0.496 e. The van der Waals surface area contributed by atoms with Gasteiger partial charge in [0.15, 0.2) is 11.5 Å². The molecule has 1 heterocycles. The Balaban J connectivity index is 1.80. The second-order valence-corrected chi connectivity index (χ2v) is 6.44. The molecule has 0 fully saturated rings. The van der Waals surface area contributed by atoms with Gasteiger partial charge in [-0.1, -0.05) is 17.7 Å². The molecule has 29 heavy (non-hydrogen) atoms. The molecular weight excluding hydrogens is 374 g/mol. The molecule has 1 amide bonds. The van der Waals surface area contributed by atoms with E-state index in [0.29, 0.717) is 34.6 Å². The quantitative estimate of drug-likeness (QED) is 0.604. The Bertz CT molecular complexity index is 998. The number of aryl methyl sites for hydroxylation is 1. The standard InChI is InChI=1S/C21H23N3O5/c1-13-6-8-14(9-7-13)20-23-22-19(29-20)12-24(2)21(25)15-10-17(27-4)18(28-5)11-16(15)26-3/h6-11H,12H2,1-5H3. The van der Waals surface area contributed by atoms with Crippen LogP contribution in [0.1, 0.15) is 21.8 Å². The number of hydrogen-bond acceptors (Lipinski definition) is 7. The molecule has 0 unspecified atom stereocenters. The molecular formula is C21H23N3O5. The summed E-state index contributed by atoms with van der Waals surface area (Å²) in [6, 6.07) is 11.0. The van der Waals surface area contributed by atoms with E-state index in [2.05, 4.69) is 10.2 Å². The van der Waals surface area contributed by atoms with Gasteiger partial charge in [-0.2, -0.15) is 0 Å². The van der Waals surface area contributed by atoms with Crippen LogP contribution in [-0.2, 0) is 6.54 Å². The van der Waals surface area contributed by atoms with Gasteiger partial charge in [0.2, 0.25) is 11.8 Å². The van der Waals surface area contributed by atoms with Crippen LogP contribution in [-0.4, -0.2) is 49.4 Å². The zero-order valence-corrected chi connectivity index (χ0v) is 17.1. The van der Waals surface area contributed by atoms with Crippen LogP contribution < -0.4 is 14.2 Å². The molecule has 0 radical (unpaired) electrons. The SMILES string of the molecule is COc1cc(OC)c(C(=O)N(C)Cc2nnc(-c3ccc(C)cc3)o2)cc1OC. The molecule has 0 bridgehead atoms. The second-order valence-electron chi connectivity index (χ2n) is 6.44. The molecule has 2 aromatic carbocycles. The minimum absolute atomic E-state index is 0.148. The van der Waals surface area contributed by atoms with Crippen LogP contribution >= 0.6 is 0 Å². The van der Waals surface area contributed by atoms with Gasteiger partial charge < -0.3 is 23.5 Å². The number of amides is 1. The summed E-state index contributed by atoms with van der Waals surface area (Å²) in [7, 11) is 6.16. The maximum absolute atomic E-state index is 13.0. The molecule has 1 aromatic heterocycles. The summed E-state index contributed by atoms with van der Waals surface area (Å²) >= 11 is 0. The highest BCUT2D eigenvalue weighted by molar-refractivity contribution is 5.97. The van der Waals surface area contributed by atoms with E-state index >= 15 is 0 Å². The molecule has 0 aliphatic heterocycles. The number of carbonyl (C=O) groups excluding carboxylic acids is 1. The number of benzene rings is 2. The second kappa shape index (κ2) is 8.64. The van der Waals surface area contributed by atoms with Gasteiger partial charge in [0.25, 0.3) is 5.91 Å². The summed E-state index contributed by atoms with van der Waals surface area (Å²) in [5.41, 5.74) is 2.30. The fourth-order valence-corrected chi connectivity index (χ4v) is 2.81. The number of aromatic nitrogens is 2. The highest BCUT2D eigenvalue weighted by atomic mass is 16.5. The predicted molar refractivity (Wildman–Crippen MR) is 106 cm³/mol. The first-order valence-corrected chi connectivity index (χ1v) is 8.91. The molecule has 8 heteroatoms. The summed E-state index contributed by atoms with van der Waals surface area (Å²) in [6.45, 7) is 2.15. The van der Waals surface area contributed by atoms with E-state index < -0.39 is 0 Å². The molecule has 0 spiro atoms. The molecule has 0 aliphatic rings. The summed E-state index contributed by atoms with van der Waals surface area (Å²) in [5.74, 6) is 1.75. The van der Waals surface area contributed by atoms with Gasteiger partial charge in [-0.25, -0.2) is 0 Å². The van der Waals surface area contributed by atoms with Crippen LogP contribution in [0.3, 0.4) is 0 Å². The van der Waals surface area contributed by atoms with E-state index in [1.165, 1.54) is 26.2 Å². The fraction of sp³-hybridized carbons (Fsp3) is 0.286. The van der Waals surface area contributed by atoms with Crippen LogP contribution in [0.5, 0.6) is 17.2 Å². The number of methoxy groups -OCH3 is 3. The maximum atomic E-state index is 13.0. The average molecular weight is 397 g/mol. The first kappa shape index (κ1) is 20.2. The molecule has 3 aromatic rings. The Hall–Kier alpha value is -3.55. The van der Waals surface area contributed by atoms with Gasteiger partial charge in [0.1, 0.15) is 5.75 Å². The molecule has 0 aliphatic carbocycles. The highest BCUT2D eigenvalue weighted by Gasteiger charge is 2.22. The smallest absolute Gasteiger partial charge is 0.257 e. The van der Waals surface area contributed by atoms with E-state index in [4.69, 9.17) is 18.6 Å². The fourth-order valence-electron chi connectivity index (χ4n) is 2.81. The van der Waals surface area contributed by atoms with Gasteiger partial charge >= 0.3 is 0 Å². The minimum atomic E-state index is -0.280. The number of hydrogen-bond donors (Lipinski definition) is 0. The number of nitrogens with zero attached hydrogens (tertiary/aromatic N) is 3. The largest absolute Gasteiger partial charge is 0.496 e. The Kier molecular flexibility index (Phi) is 6.01. The van der Waals surface area contributed by atoms with Gasteiger partial charge in [-0.3, -0.25) is 4.79 Å². The lowest BCUT2D eigenvalue weighted by atomic mass is 10.1. The number of carbonyl (C=O) groups is 1. The highest BCUT2D eigenvalue weighted by Crippen LogP contribution is 2.35. The monoisotopic (exact) mass is 397 g/mol. The number of ether oxygens (including phenoxy) is 3. The van der Waals surface area contributed by atoms with E-state index in [-0.39, 0.29) is 12.5 Å². The first-order valence-electron chi connectivity index (χ1n) is 8.91. The van der Waals surface area contributed by atoms with Gasteiger partial charge in [0, 0.05) is 24.7 Å². The van der Waals surface area contributed by atoms with Crippen LogP contribution in [0.2, 0.25) is 0 Å². The normalized spacial score (nSPS) is 10.5. The van der Waals surface area contributed by atoms with Crippen molar-refractivity contribution in [3.63, 3.8) is 0 Å². The average Bonchev–Trinajstić information content (AvgIpc) is 3.20. The van der Waals surface area contributed by atoms with Crippen molar-refractivity contribution < 1.29 is 23.4 Å². The molecule has 0 atom stereocenters. The Labute approximate surface area is 169 Å². The predicted octanol–water partition coefficient (Wildman–Crippen LogP) is 3.34. The van der Waals surface area contributed by atoms with Gasteiger partial charge in [0.05, 0.1) is 33.4 Å². The van der Waals surface area contributed by atoms with Crippen molar-refractivity contribution in [2.45, 2.75) is 13.5 Å². The third kappa shape index (κ3) is 4.31. The van der Waals surface area contributed by atoms with E-state index in [1.807, 2.05) is 31.2 Å². The molecule has 0 saturated carbocycles. The van der Waals surface area contributed by atoms with Gasteiger partial charge in [-0.05, 0) is 19.1 Å². The maximum Gasteiger partial charge on any atom is 0.257 e. The molecule has 0 N–H and O–H groups in total. The zero-order chi connectivity index (χ0) is 21.0. The van der Waals surface area contributed by atoms with E-state index in [1.54, 1.807) is 19.2 Å². The van der Waals surface area contributed by atoms with Crippen molar-refractivity contribution >= 4 is 5.91 Å². The lowest BCUT2D eigenvalue weighted by Gasteiger charge is -2.18. The van der Waals surface area contributed by atoms with Crippen molar-refractivity contribution in [3.05, 3.63) is 53.4 Å². The Morgan fingerprint density at radius 3 is 2.21 bits per heavy atom. The summed E-state index contributed by atoms with van der Waals surface area (Å²) in [5, 5.41) is 8.12. The van der Waals surface area contributed by atoms with Crippen molar-refractivity contribution in [3.8, 4) is 28.7 Å². The van der Waals surface area contributed by atoms with Crippen molar-refractivity contribution in [1.82, 2.24) is 15.1 Å². The lowest BCUT2D eigenvalue weighted by Crippen LogP contribution is -2.26. The van der Waals surface area contributed by atoms with Crippen LogP contribution in [0, 0.1) is 6.92 Å². The molecule has 8 nitrogen and oxygen atoms in total. The lowest BCUT2D eigenvalue weighted by molar-refractivity contribution is 0.0769. The summed E-state index contributed by atoms with van der Waals surface area (Å²) in [6.07, 6.45) is 0. The molecule has 0 saturated heterocycles. The van der Waals surface area contributed by atoms with Crippen LogP contribution in [0.15, 0.2) is 40.8 Å². The van der Waals surface area contributed by atoms with Crippen molar-refractivity contribution in [2.24, 2.45) is 0 Å². The van der Waals surface area contributed by atoms with E-state index in [0.717, 1.165) is 11.1 Å². The Morgan fingerprint density at radius 2 is 1.59 bits per heavy atom. The summed E-state index contributed by atoms with van der Waals surface area (Å²) in [4.78, 5) is 14.4. The molecule has 3 rings (SSSR count).